The number of carbonyl (C=O) groups is 2. The molecule has 1 N–H and O–H groups in total. The highest BCUT2D eigenvalue weighted by molar-refractivity contribution is 7.90. The molecule has 0 unspecified atom stereocenters. The van der Waals surface area contributed by atoms with Crippen molar-refractivity contribution in [2.45, 2.75) is 24.3 Å². The van der Waals surface area contributed by atoms with Crippen molar-refractivity contribution in [3.05, 3.63) is 59.7 Å². The quantitative estimate of drug-likeness (QED) is 0.872. The molecular weight excluding hydrogens is 352 g/mol. The summed E-state index contributed by atoms with van der Waals surface area (Å²) >= 11 is 0. The van der Waals surface area contributed by atoms with E-state index in [4.69, 9.17) is 0 Å². The first-order chi connectivity index (χ1) is 12.3. The van der Waals surface area contributed by atoms with Crippen LogP contribution in [0.4, 0.5) is 5.69 Å². The SMILES string of the molecule is CS(=O)(=O)c1ccc(C(=O)NCc2ccc(N3CCCC3=O)cc2)cc1. The van der Waals surface area contributed by atoms with Crippen LogP contribution in [0.3, 0.4) is 0 Å². The monoisotopic (exact) mass is 372 g/mol. The number of rotatable bonds is 5. The predicted octanol–water partition coefficient (Wildman–Crippen LogP) is 2.15. The molecule has 6 nitrogen and oxygen atoms in total. The van der Waals surface area contributed by atoms with Gasteiger partial charge in [-0.2, -0.15) is 0 Å². The molecule has 1 heterocycles. The molecule has 1 aliphatic heterocycles. The molecule has 2 aromatic rings. The highest BCUT2D eigenvalue weighted by Gasteiger charge is 2.21. The summed E-state index contributed by atoms with van der Waals surface area (Å²) in [7, 11) is -3.28. The summed E-state index contributed by atoms with van der Waals surface area (Å²) in [4.78, 5) is 25.9. The van der Waals surface area contributed by atoms with E-state index < -0.39 is 9.84 Å². The minimum absolute atomic E-state index is 0.142. The van der Waals surface area contributed by atoms with Crippen LogP contribution in [0.5, 0.6) is 0 Å². The van der Waals surface area contributed by atoms with Crippen molar-refractivity contribution in [1.82, 2.24) is 5.32 Å². The zero-order chi connectivity index (χ0) is 18.7. The number of anilines is 1. The molecule has 0 aliphatic carbocycles. The number of sulfone groups is 1. The van der Waals surface area contributed by atoms with Crippen LogP contribution in [0.1, 0.15) is 28.8 Å². The second kappa shape index (κ2) is 7.29. The van der Waals surface area contributed by atoms with Crippen LogP contribution in [0, 0.1) is 0 Å². The second-order valence-electron chi connectivity index (χ2n) is 6.29. The van der Waals surface area contributed by atoms with Crippen LogP contribution >= 0.6 is 0 Å². The van der Waals surface area contributed by atoms with Crippen molar-refractivity contribution in [1.29, 1.82) is 0 Å². The zero-order valence-corrected chi connectivity index (χ0v) is 15.3. The number of amides is 2. The van der Waals surface area contributed by atoms with E-state index in [9.17, 15) is 18.0 Å². The van der Waals surface area contributed by atoms with Crippen LogP contribution in [-0.4, -0.2) is 33.0 Å². The van der Waals surface area contributed by atoms with Crippen LogP contribution in [0.15, 0.2) is 53.4 Å². The predicted molar refractivity (Wildman–Crippen MR) is 98.8 cm³/mol. The van der Waals surface area contributed by atoms with Gasteiger partial charge in [-0.25, -0.2) is 8.42 Å². The van der Waals surface area contributed by atoms with E-state index >= 15 is 0 Å². The number of carbonyl (C=O) groups excluding carboxylic acids is 2. The highest BCUT2D eigenvalue weighted by atomic mass is 32.2. The first-order valence-electron chi connectivity index (χ1n) is 8.32. The van der Waals surface area contributed by atoms with E-state index in [0.29, 0.717) is 18.5 Å². The maximum Gasteiger partial charge on any atom is 0.251 e. The van der Waals surface area contributed by atoms with Crippen LogP contribution in [-0.2, 0) is 21.2 Å². The van der Waals surface area contributed by atoms with Gasteiger partial charge in [0, 0.05) is 37.0 Å². The standard InChI is InChI=1S/C19H20N2O4S/c1-26(24,25)17-10-6-15(7-11-17)19(23)20-13-14-4-8-16(9-5-14)21-12-2-3-18(21)22/h4-11H,2-3,12-13H2,1H3,(H,20,23). The molecule has 0 bridgehead atoms. The van der Waals surface area contributed by atoms with Crippen LogP contribution in [0.2, 0.25) is 0 Å². The Kier molecular flexibility index (Phi) is 5.08. The van der Waals surface area contributed by atoms with Gasteiger partial charge in [-0.05, 0) is 48.4 Å². The molecule has 0 aromatic heterocycles. The number of nitrogens with zero attached hydrogens (tertiary/aromatic N) is 1. The third-order valence-corrected chi connectivity index (χ3v) is 5.45. The van der Waals surface area contributed by atoms with Crippen molar-refractivity contribution in [3.63, 3.8) is 0 Å². The van der Waals surface area contributed by atoms with Crippen molar-refractivity contribution >= 4 is 27.3 Å². The summed E-state index contributed by atoms with van der Waals surface area (Å²) in [6, 6.07) is 13.4. The smallest absolute Gasteiger partial charge is 0.251 e. The van der Waals surface area contributed by atoms with E-state index in [-0.39, 0.29) is 16.7 Å². The lowest BCUT2D eigenvalue weighted by atomic mass is 10.1. The van der Waals surface area contributed by atoms with Gasteiger partial charge in [-0.15, -0.1) is 0 Å². The van der Waals surface area contributed by atoms with E-state index in [1.165, 1.54) is 24.3 Å². The fourth-order valence-electron chi connectivity index (χ4n) is 2.85. The summed E-state index contributed by atoms with van der Waals surface area (Å²) in [6.07, 6.45) is 2.60. The van der Waals surface area contributed by atoms with Crippen molar-refractivity contribution < 1.29 is 18.0 Å². The molecule has 1 fully saturated rings. The molecule has 1 saturated heterocycles. The summed E-state index contributed by atoms with van der Waals surface area (Å²) in [5.41, 5.74) is 2.19. The fourth-order valence-corrected chi connectivity index (χ4v) is 3.48. The molecule has 1 aliphatic rings. The maximum absolute atomic E-state index is 12.2. The van der Waals surface area contributed by atoms with E-state index in [2.05, 4.69) is 5.32 Å². The zero-order valence-electron chi connectivity index (χ0n) is 14.4. The van der Waals surface area contributed by atoms with E-state index in [0.717, 1.165) is 30.5 Å². The Balaban J connectivity index is 1.60. The molecule has 0 saturated carbocycles. The largest absolute Gasteiger partial charge is 0.348 e. The lowest BCUT2D eigenvalue weighted by Gasteiger charge is -2.16. The number of hydrogen-bond acceptors (Lipinski definition) is 4. The summed E-state index contributed by atoms with van der Waals surface area (Å²) in [5.74, 6) is -0.132. The molecule has 0 radical (unpaired) electrons. The van der Waals surface area contributed by atoms with E-state index in [1.54, 1.807) is 4.90 Å². The van der Waals surface area contributed by atoms with Gasteiger partial charge in [0.2, 0.25) is 5.91 Å². The van der Waals surface area contributed by atoms with Crippen LogP contribution in [0.25, 0.3) is 0 Å². The Morgan fingerprint density at radius 1 is 1.08 bits per heavy atom. The summed E-state index contributed by atoms with van der Waals surface area (Å²) in [6.45, 7) is 1.10. The number of hydrogen-bond donors (Lipinski definition) is 1. The van der Waals surface area contributed by atoms with E-state index in [1.807, 2.05) is 24.3 Å². The highest BCUT2D eigenvalue weighted by Crippen LogP contribution is 2.21. The van der Waals surface area contributed by atoms with Gasteiger partial charge in [-0.3, -0.25) is 9.59 Å². The van der Waals surface area contributed by atoms with Crippen molar-refractivity contribution in [2.75, 3.05) is 17.7 Å². The lowest BCUT2D eigenvalue weighted by molar-refractivity contribution is -0.117. The lowest BCUT2D eigenvalue weighted by Crippen LogP contribution is -2.24. The number of nitrogens with one attached hydrogen (secondary N) is 1. The molecule has 2 amide bonds. The van der Waals surface area contributed by atoms with Gasteiger partial charge in [0.25, 0.3) is 5.91 Å². The van der Waals surface area contributed by atoms with Gasteiger partial charge in [0.15, 0.2) is 9.84 Å². The molecule has 136 valence electrons. The Hall–Kier alpha value is -2.67. The average Bonchev–Trinajstić information content (AvgIpc) is 3.05. The van der Waals surface area contributed by atoms with Gasteiger partial charge < -0.3 is 10.2 Å². The van der Waals surface area contributed by atoms with Crippen molar-refractivity contribution in [2.24, 2.45) is 0 Å². The molecular formula is C19H20N2O4S. The third kappa shape index (κ3) is 4.11. The summed E-state index contributed by atoms with van der Waals surface area (Å²) < 4.78 is 22.9. The topological polar surface area (TPSA) is 83.6 Å². The molecule has 0 spiro atoms. The molecule has 26 heavy (non-hydrogen) atoms. The maximum atomic E-state index is 12.2. The van der Waals surface area contributed by atoms with Gasteiger partial charge in [0.05, 0.1) is 4.90 Å². The Morgan fingerprint density at radius 2 is 1.73 bits per heavy atom. The van der Waals surface area contributed by atoms with Gasteiger partial charge >= 0.3 is 0 Å². The Labute approximate surface area is 152 Å². The first-order valence-corrected chi connectivity index (χ1v) is 10.2. The molecule has 0 atom stereocenters. The van der Waals surface area contributed by atoms with Crippen LogP contribution < -0.4 is 10.2 Å². The fraction of sp³-hybridized carbons (Fsp3) is 0.263. The Bertz CT molecular complexity index is 919. The molecule has 7 heteroatoms. The first kappa shape index (κ1) is 18.1. The third-order valence-electron chi connectivity index (χ3n) is 4.32. The minimum atomic E-state index is -3.28. The normalized spacial score (nSPS) is 14.5. The molecule has 3 rings (SSSR count). The minimum Gasteiger partial charge on any atom is -0.348 e. The number of benzene rings is 2. The average molecular weight is 372 g/mol. The van der Waals surface area contributed by atoms with Gasteiger partial charge in [-0.1, -0.05) is 12.1 Å². The van der Waals surface area contributed by atoms with Crippen molar-refractivity contribution in [3.8, 4) is 0 Å². The Morgan fingerprint density at radius 3 is 2.27 bits per heavy atom. The second-order valence-corrected chi connectivity index (χ2v) is 8.31. The summed E-state index contributed by atoms with van der Waals surface area (Å²) in [5, 5.41) is 2.80. The molecule has 2 aromatic carbocycles. The van der Waals surface area contributed by atoms with Gasteiger partial charge in [0.1, 0.15) is 0 Å².